The highest BCUT2D eigenvalue weighted by molar-refractivity contribution is 7.95. The van der Waals surface area contributed by atoms with Crippen LogP contribution in [0.1, 0.15) is 19.8 Å². The summed E-state index contributed by atoms with van der Waals surface area (Å²) in [5.41, 5.74) is 1.72. The quantitative estimate of drug-likeness (QED) is 0.119. The van der Waals surface area contributed by atoms with E-state index >= 15 is 0 Å². The first-order valence-corrected chi connectivity index (χ1v) is 17.0. The van der Waals surface area contributed by atoms with Crippen molar-refractivity contribution in [2.45, 2.75) is 26.3 Å². The van der Waals surface area contributed by atoms with Gasteiger partial charge in [0.05, 0.1) is 23.8 Å². The van der Waals surface area contributed by atoms with Gasteiger partial charge in [0, 0.05) is 17.5 Å². The van der Waals surface area contributed by atoms with Crippen LogP contribution in [-0.4, -0.2) is 22.5 Å². The average Bonchev–Trinajstić information content (AvgIpc) is 3.08. The smallest absolute Gasteiger partial charge is 0.274 e. The van der Waals surface area contributed by atoms with Gasteiger partial charge in [-0.15, -0.1) is 0 Å². The molecule has 43 heavy (non-hydrogen) atoms. The van der Waals surface area contributed by atoms with Crippen LogP contribution in [0.2, 0.25) is 0 Å². The largest absolute Gasteiger partial charge is 0.494 e. The van der Waals surface area contributed by atoms with Gasteiger partial charge >= 0.3 is 0 Å². The van der Waals surface area contributed by atoms with Crippen LogP contribution in [0, 0.1) is 0 Å². The van der Waals surface area contributed by atoms with Crippen LogP contribution >= 0.6 is 7.26 Å². The summed E-state index contributed by atoms with van der Waals surface area (Å²) in [4.78, 5) is 12.8. The van der Waals surface area contributed by atoms with E-state index in [4.69, 9.17) is 4.74 Å². The minimum Gasteiger partial charge on any atom is -0.494 e. The maximum absolute atomic E-state index is 12.8. The fourth-order valence-corrected chi connectivity index (χ4v) is 10.3. The minimum atomic E-state index is -1.82. The van der Waals surface area contributed by atoms with E-state index in [1.165, 1.54) is 20.6 Å². The van der Waals surface area contributed by atoms with Crippen molar-refractivity contribution in [3.8, 4) is 17.0 Å². The predicted molar refractivity (Wildman–Crippen MR) is 182 cm³/mol. The number of rotatable bonds is 11. The second kappa shape index (κ2) is 13.2. The zero-order valence-corrected chi connectivity index (χ0v) is 25.4. The number of hydrogen-bond acceptors (Lipinski definition) is 3. The van der Waals surface area contributed by atoms with Gasteiger partial charge in [-0.2, -0.15) is 5.10 Å². The number of benzene rings is 5. The number of fused-ring (bicyclic) bond motifs is 1. The molecule has 0 spiro atoms. The standard InChI is InChI=1S/C38H36N2O2P/c1-2-40-38(41)36-23-13-12-22-35(36)37(39-40)30-24-26-31(27-25-30)42-28-14-15-29-43(32-16-6-3-7-17-32,33-18-8-4-9-19-33)34-20-10-5-11-21-34/h3-13,16-27H,2,14-15,28-29H2,1H3/q+1. The molecular formula is C38H36N2O2P+. The third-order valence-electron chi connectivity index (χ3n) is 8.04. The number of aromatic nitrogens is 2. The molecule has 214 valence electrons. The van der Waals surface area contributed by atoms with E-state index in [1.54, 1.807) is 0 Å². The van der Waals surface area contributed by atoms with Crippen molar-refractivity contribution < 1.29 is 4.74 Å². The highest BCUT2D eigenvalue weighted by atomic mass is 31.2. The monoisotopic (exact) mass is 583 g/mol. The Hall–Kier alpha value is -4.53. The van der Waals surface area contributed by atoms with Crippen LogP contribution in [0.3, 0.4) is 0 Å². The Morgan fingerprint density at radius 3 is 1.67 bits per heavy atom. The molecule has 0 aliphatic heterocycles. The van der Waals surface area contributed by atoms with Crippen LogP contribution < -0.4 is 26.2 Å². The normalized spacial score (nSPS) is 11.5. The highest BCUT2D eigenvalue weighted by Gasteiger charge is 2.44. The van der Waals surface area contributed by atoms with Gasteiger partial charge in [0.15, 0.2) is 0 Å². The Morgan fingerprint density at radius 2 is 1.14 bits per heavy atom. The summed E-state index contributed by atoms with van der Waals surface area (Å²) in [6, 6.07) is 48.9. The fourth-order valence-electron chi connectivity index (χ4n) is 5.89. The van der Waals surface area contributed by atoms with Gasteiger partial charge in [-0.1, -0.05) is 72.8 Å². The summed E-state index contributed by atoms with van der Waals surface area (Å²) in [5, 5.41) is 10.5. The van der Waals surface area contributed by atoms with E-state index < -0.39 is 7.26 Å². The lowest BCUT2D eigenvalue weighted by Crippen LogP contribution is -2.33. The Balaban J connectivity index is 1.18. The highest BCUT2D eigenvalue weighted by Crippen LogP contribution is 2.55. The molecule has 0 fully saturated rings. The SMILES string of the molecule is CCn1nc(-c2ccc(OCCCC[P+](c3ccccc3)(c3ccccc3)c3ccccc3)cc2)c2ccccc2c1=O. The number of hydrogen-bond donors (Lipinski definition) is 0. The van der Waals surface area contributed by atoms with Crippen molar-refractivity contribution in [1.29, 1.82) is 0 Å². The molecule has 0 amide bonds. The molecule has 5 heteroatoms. The number of aryl methyl sites for hydroxylation is 1. The third-order valence-corrected chi connectivity index (χ3v) is 12.6. The fraction of sp³-hybridized carbons (Fsp3) is 0.158. The molecule has 0 aliphatic rings. The molecule has 0 N–H and O–H groups in total. The summed E-state index contributed by atoms with van der Waals surface area (Å²) in [5.74, 6) is 0.840. The summed E-state index contributed by atoms with van der Waals surface area (Å²) in [6.07, 6.45) is 3.10. The lowest BCUT2D eigenvalue weighted by atomic mass is 10.0. The molecule has 6 aromatic rings. The maximum Gasteiger partial charge on any atom is 0.274 e. The number of ether oxygens (including phenoxy) is 1. The molecule has 0 saturated heterocycles. The predicted octanol–water partition coefficient (Wildman–Crippen LogP) is 7.24. The van der Waals surface area contributed by atoms with E-state index in [-0.39, 0.29) is 5.56 Å². The summed E-state index contributed by atoms with van der Waals surface area (Å²) >= 11 is 0. The van der Waals surface area contributed by atoms with Crippen molar-refractivity contribution in [2.75, 3.05) is 12.8 Å². The molecule has 4 nitrogen and oxygen atoms in total. The van der Waals surface area contributed by atoms with Gasteiger partial charge in [-0.3, -0.25) is 4.79 Å². The summed E-state index contributed by atoms with van der Waals surface area (Å²) in [6.45, 7) is 3.12. The van der Waals surface area contributed by atoms with Gasteiger partial charge in [-0.25, -0.2) is 4.68 Å². The zero-order valence-electron chi connectivity index (χ0n) is 24.5. The minimum absolute atomic E-state index is 0.0555. The Labute approximate surface area is 254 Å². The van der Waals surface area contributed by atoms with Crippen LogP contribution in [0.5, 0.6) is 5.75 Å². The molecular weight excluding hydrogens is 547 g/mol. The molecule has 0 unspecified atom stereocenters. The first-order valence-electron chi connectivity index (χ1n) is 15.0. The maximum atomic E-state index is 12.8. The molecule has 5 aromatic carbocycles. The second-order valence-corrected chi connectivity index (χ2v) is 14.3. The molecule has 1 heterocycles. The topological polar surface area (TPSA) is 44.1 Å². The lowest BCUT2D eigenvalue weighted by molar-refractivity contribution is 0.310. The van der Waals surface area contributed by atoms with Crippen molar-refractivity contribution in [2.24, 2.45) is 0 Å². The molecule has 0 radical (unpaired) electrons. The zero-order chi connectivity index (χ0) is 29.5. The van der Waals surface area contributed by atoms with Crippen LogP contribution in [0.25, 0.3) is 22.0 Å². The second-order valence-electron chi connectivity index (χ2n) is 10.6. The first-order chi connectivity index (χ1) is 21.2. The Kier molecular flexibility index (Phi) is 8.77. The number of nitrogens with zero attached hydrogens (tertiary/aromatic N) is 2. The van der Waals surface area contributed by atoms with Crippen LogP contribution in [-0.2, 0) is 6.54 Å². The van der Waals surface area contributed by atoms with E-state index in [2.05, 4.69) is 96.1 Å². The average molecular weight is 584 g/mol. The summed E-state index contributed by atoms with van der Waals surface area (Å²) in [7, 11) is -1.82. The summed E-state index contributed by atoms with van der Waals surface area (Å²) < 4.78 is 7.75. The van der Waals surface area contributed by atoms with Crippen LogP contribution in [0.4, 0.5) is 0 Å². The van der Waals surface area contributed by atoms with Gasteiger partial charge in [0.2, 0.25) is 0 Å². The van der Waals surface area contributed by atoms with Crippen molar-refractivity contribution >= 4 is 33.9 Å². The third kappa shape index (κ3) is 5.89. The molecule has 0 aliphatic carbocycles. The first kappa shape index (κ1) is 28.6. The van der Waals surface area contributed by atoms with Gasteiger partial charge in [-0.05, 0) is 86.5 Å². The molecule has 0 atom stereocenters. The molecule has 0 bridgehead atoms. The van der Waals surface area contributed by atoms with Gasteiger partial charge in [0.25, 0.3) is 5.56 Å². The van der Waals surface area contributed by atoms with Gasteiger partial charge < -0.3 is 4.74 Å². The Morgan fingerprint density at radius 1 is 0.628 bits per heavy atom. The van der Waals surface area contributed by atoms with E-state index in [1.807, 2.05) is 55.5 Å². The lowest BCUT2D eigenvalue weighted by Gasteiger charge is -2.27. The van der Waals surface area contributed by atoms with Crippen molar-refractivity contribution in [1.82, 2.24) is 9.78 Å². The van der Waals surface area contributed by atoms with Crippen molar-refractivity contribution in [3.05, 3.63) is 150 Å². The number of unbranched alkanes of at least 4 members (excludes halogenated alkanes) is 1. The molecule has 1 aromatic heterocycles. The van der Waals surface area contributed by atoms with Gasteiger partial charge in [0.1, 0.15) is 28.9 Å². The molecule has 6 rings (SSSR count). The van der Waals surface area contributed by atoms with E-state index in [0.717, 1.165) is 41.4 Å². The van der Waals surface area contributed by atoms with E-state index in [0.29, 0.717) is 18.5 Å². The Bertz CT molecular complexity index is 1740. The van der Waals surface area contributed by atoms with E-state index in [9.17, 15) is 4.79 Å². The van der Waals surface area contributed by atoms with Crippen LogP contribution in [0.15, 0.2) is 144 Å². The molecule has 0 saturated carbocycles. The van der Waals surface area contributed by atoms with Crippen molar-refractivity contribution in [3.63, 3.8) is 0 Å².